The van der Waals surface area contributed by atoms with Gasteiger partial charge in [0.1, 0.15) is 5.69 Å². The highest BCUT2D eigenvalue weighted by Crippen LogP contribution is 2.12. The zero-order valence-corrected chi connectivity index (χ0v) is 11.1. The van der Waals surface area contributed by atoms with Crippen molar-refractivity contribution in [3.63, 3.8) is 0 Å². The van der Waals surface area contributed by atoms with Gasteiger partial charge in [-0.2, -0.15) is 0 Å². The molecule has 0 bridgehead atoms. The highest BCUT2D eigenvalue weighted by molar-refractivity contribution is 5.94. The predicted octanol–water partition coefficient (Wildman–Crippen LogP) is -0.0785. The number of aryl methyl sites for hydroxylation is 1. The van der Waals surface area contributed by atoms with Gasteiger partial charge in [-0.15, -0.1) is 0 Å². The number of pyridine rings is 1. The van der Waals surface area contributed by atoms with Crippen LogP contribution in [0, 0.1) is 6.92 Å². The van der Waals surface area contributed by atoms with Crippen LogP contribution in [0.25, 0.3) is 0 Å². The van der Waals surface area contributed by atoms with Crippen LogP contribution in [0.2, 0.25) is 0 Å². The Morgan fingerprint density at radius 1 is 1.50 bits per heavy atom. The molecule has 7 heteroatoms. The number of amides is 1. The number of aromatic carboxylic acids is 1. The van der Waals surface area contributed by atoms with Gasteiger partial charge in [0.05, 0.1) is 30.6 Å². The molecule has 0 saturated carbocycles. The van der Waals surface area contributed by atoms with Gasteiger partial charge in [-0.05, 0) is 19.1 Å². The number of ether oxygens (including phenoxy) is 1. The Balaban J connectivity index is 2.17. The number of nitrogens with zero attached hydrogens (tertiary/aromatic N) is 2. The van der Waals surface area contributed by atoms with Gasteiger partial charge in [-0.3, -0.25) is 4.79 Å². The molecule has 1 aliphatic rings. The first-order chi connectivity index (χ1) is 9.52. The van der Waals surface area contributed by atoms with E-state index in [1.165, 1.54) is 12.1 Å². The predicted molar refractivity (Wildman–Crippen MR) is 68.7 cm³/mol. The zero-order valence-electron chi connectivity index (χ0n) is 11.1. The number of aliphatic hydroxyl groups is 1. The summed E-state index contributed by atoms with van der Waals surface area (Å²) in [6.07, 6.45) is -0.382. The van der Waals surface area contributed by atoms with Crippen molar-refractivity contribution in [1.82, 2.24) is 9.88 Å². The van der Waals surface area contributed by atoms with Crippen LogP contribution in [0.15, 0.2) is 12.1 Å². The van der Waals surface area contributed by atoms with Gasteiger partial charge in [-0.25, -0.2) is 9.78 Å². The molecule has 1 aromatic heterocycles. The number of rotatable bonds is 3. The number of carboxylic acids is 1. The fourth-order valence-corrected chi connectivity index (χ4v) is 2.08. The van der Waals surface area contributed by atoms with Gasteiger partial charge in [-0.1, -0.05) is 0 Å². The highest BCUT2D eigenvalue weighted by Gasteiger charge is 2.25. The van der Waals surface area contributed by atoms with E-state index in [4.69, 9.17) is 14.9 Å². The molecule has 1 aliphatic heterocycles. The molecule has 1 fully saturated rings. The van der Waals surface area contributed by atoms with E-state index in [-0.39, 0.29) is 29.9 Å². The van der Waals surface area contributed by atoms with Crippen molar-refractivity contribution in [3.8, 4) is 0 Å². The lowest BCUT2D eigenvalue weighted by atomic mass is 10.1. The minimum Gasteiger partial charge on any atom is -0.478 e. The Bertz CT molecular complexity index is 531. The van der Waals surface area contributed by atoms with Crippen LogP contribution in [0.3, 0.4) is 0 Å². The van der Waals surface area contributed by atoms with Gasteiger partial charge in [0.2, 0.25) is 0 Å². The normalized spacial score (nSPS) is 18.9. The lowest BCUT2D eigenvalue weighted by Gasteiger charge is -2.31. The molecule has 1 atom stereocenters. The third kappa shape index (κ3) is 2.94. The lowest BCUT2D eigenvalue weighted by Crippen LogP contribution is -2.47. The summed E-state index contributed by atoms with van der Waals surface area (Å²) in [6, 6.07) is 2.78. The SMILES string of the molecule is Cc1nc(C(=O)N2CCOC(CO)C2)ccc1C(=O)O. The first-order valence-electron chi connectivity index (χ1n) is 6.25. The smallest absolute Gasteiger partial charge is 0.337 e. The average Bonchev–Trinajstić information content (AvgIpc) is 2.46. The molecule has 0 spiro atoms. The average molecular weight is 280 g/mol. The molecule has 1 saturated heterocycles. The molecule has 2 heterocycles. The van der Waals surface area contributed by atoms with E-state index in [0.29, 0.717) is 25.4 Å². The molecule has 0 aliphatic carbocycles. The van der Waals surface area contributed by atoms with E-state index in [2.05, 4.69) is 4.98 Å². The summed E-state index contributed by atoms with van der Waals surface area (Å²) in [5, 5.41) is 18.0. The van der Waals surface area contributed by atoms with Crippen molar-refractivity contribution in [3.05, 3.63) is 29.1 Å². The molecule has 7 nitrogen and oxygen atoms in total. The van der Waals surface area contributed by atoms with Crippen LogP contribution in [0.4, 0.5) is 0 Å². The molecule has 1 unspecified atom stereocenters. The van der Waals surface area contributed by atoms with Crippen LogP contribution in [-0.4, -0.2) is 64.4 Å². The van der Waals surface area contributed by atoms with Crippen molar-refractivity contribution in [2.45, 2.75) is 13.0 Å². The van der Waals surface area contributed by atoms with Crippen molar-refractivity contribution in [1.29, 1.82) is 0 Å². The van der Waals surface area contributed by atoms with E-state index in [0.717, 1.165) is 0 Å². The second-order valence-corrected chi connectivity index (χ2v) is 4.56. The fourth-order valence-electron chi connectivity index (χ4n) is 2.08. The van der Waals surface area contributed by atoms with Gasteiger partial charge in [0.25, 0.3) is 5.91 Å². The molecular weight excluding hydrogens is 264 g/mol. The minimum absolute atomic E-state index is 0.0803. The van der Waals surface area contributed by atoms with E-state index in [1.54, 1.807) is 11.8 Å². The topological polar surface area (TPSA) is 100.0 Å². The number of carbonyl (C=O) groups excluding carboxylic acids is 1. The maximum Gasteiger partial charge on any atom is 0.337 e. The summed E-state index contributed by atoms with van der Waals surface area (Å²) in [5.74, 6) is -1.35. The van der Waals surface area contributed by atoms with Crippen LogP contribution < -0.4 is 0 Å². The number of carboxylic acid groups (broad SMARTS) is 1. The monoisotopic (exact) mass is 280 g/mol. The lowest BCUT2D eigenvalue weighted by molar-refractivity contribution is -0.0448. The van der Waals surface area contributed by atoms with Crippen LogP contribution in [-0.2, 0) is 4.74 Å². The van der Waals surface area contributed by atoms with Gasteiger partial charge >= 0.3 is 5.97 Å². The number of hydrogen-bond acceptors (Lipinski definition) is 5. The molecule has 2 rings (SSSR count). The summed E-state index contributed by atoms with van der Waals surface area (Å²) in [6.45, 7) is 2.50. The first kappa shape index (κ1) is 14.4. The van der Waals surface area contributed by atoms with E-state index >= 15 is 0 Å². The fraction of sp³-hybridized carbons (Fsp3) is 0.462. The van der Waals surface area contributed by atoms with E-state index in [9.17, 15) is 9.59 Å². The number of hydrogen-bond donors (Lipinski definition) is 2. The van der Waals surface area contributed by atoms with Gasteiger partial charge < -0.3 is 19.8 Å². The van der Waals surface area contributed by atoms with Crippen LogP contribution >= 0.6 is 0 Å². The maximum absolute atomic E-state index is 12.3. The van der Waals surface area contributed by atoms with Gasteiger partial charge in [0.15, 0.2) is 0 Å². The first-order valence-corrected chi connectivity index (χ1v) is 6.25. The summed E-state index contributed by atoms with van der Waals surface area (Å²) in [4.78, 5) is 28.8. The van der Waals surface area contributed by atoms with Crippen molar-refractivity contribution in [2.75, 3.05) is 26.3 Å². The quantitative estimate of drug-likeness (QED) is 0.803. The molecular formula is C13H16N2O5. The summed E-state index contributed by atoms with van der Waals surface area (Å²) in [5.41, 5.74) is 0.582. The third-order valence-corrected chi connectivity index (χ3v) is 3.16. The molecule has 0 radical (unpaired) electrons. The van der Waals surface area contributed by atoms with E-state index in [1.807, 2.05) is 0 Å². The number of aromatic nitrogens is 1. The Hall–Kier alpha value is -1.99. The standard InChI is InChI=1S/C13H16N2O5/c1-8-10(13(18)19)2-3-11(14-8)12(17)15-4-5-20-9(6-15)7-16/h2-3,9,16H,4-7H2,1H3,(H,18,19). The van der Waals surface area contributed by atoms with Gasteiger partial charge in [0, 0.05) is 13.1 Å². The summed E-state index contributed by atoms with van der Waals surface area (Å²) >= 11 is 0. The molecule has 1 amide bonds. The highest BCUT2D eigenvalue weighted by atomic mass is 16.5. The Morgan fingerprint density at radius 3 is 2.85 bits per heavy atom. The number of morpholine rings is 1. The van der Waals surface area contributed by atoms with Crippen molar-refractivity contribution < 1.29 is 24.5 Å². The van der Waals surface area contributed by atoms with Crippen molar-refractivity contribution >= 4 is 11.9 Å². The molecule has 0 aromatic carbocycles. The number of aliphatic hydroxyl groups excluding tert-OH is 1. The van der Waals surface area contributed by atoms with Crippen LogP contribution in [0.5, 0.6) is 0 Å². The molecule has 1 aromatic rings. The number of carbonyl (C=O) groups is 2. The largest absolute Gasteiger partial charge is 0.478 e. The van der Waals surface area contributed by atoms with Crippen molar-refractivity contribution in [2.24, 2.45) is 0 Å². The zero-order chi connectivity index (χ0) is 14.7. The minimum atomic E-state index is -1.07. The Kier molecular flexibility index (Phi) is 4.31. The Morgan fingerprint density at radius 2 is 2.25 bits per heavy atom. The second-order valence-electron chi connectivity index (χ2n) is 4.56. The Labute approximate surface area is 115 Å². The summed E-state index contributed by atoms with van der Waals surface area (Å²) in [7, 11) is 0. The van der Waals surface area contributed by atoms with E-state index < -0.39 is 5.97 Å². The summed E-state index contributed by atoms with van der Waals surface area (Å²) < 4.78 is 5.28. The maximum atomic E-state index is 12.3. The molecule has 108 valence electrons. The molecule has 20 heavy (non-hydrogen) atoms. The van der Waals surface area contributed by atoms with Crippen LogP contribution in [0.1, 0.15) is 26.5 Å². The molecule has 2 N–H and O–H groups in total. The second kappa shape index (κ2) is 5.98. The third-order valence-electron chi connectivity index (χ3n) is 3.16.